The molecule has 0 saturated carbocycles. The topological polar surface area (TPSA) is 90.7 Å². The normalized spacial score (nSPS) is 20.1. The number of amides is 3. The number of anilines is 1. The number of hydrogen-bond acceptors (Lipinski definition) is 5. The van der Waals surface area contributed by atoms with Crippen molar-refractivity contribution in [1.29, 1.82) is 0 Å². The Bertz CT molecular complexity index is 859. The summed E-state index contributed by atoms with van der Waals surface area (Å²) in [6.45, 7) is 3.99. The lowest BCUT2D eigenvalue weighted by Crippen LogP contribution is -2.62. The van der Waals surface area contributed by atoms with Crippen molar-refractivity contribution in [2.24, 2.45) is 0 Å². The van der Waals surface area contributed by atoms with Crippen LogP contribution < -0.4 is 15.5 Å². The van der Waals surface area contributed by atoms with Gasteiger partial charge in [-0.25, -0.2) is 9.78 Å². The van der Waals surface area contributed by atoms with Gasteiger partial charge in [-0.05, 0) is 11.6 Å². The van der Waals surface area contributed by atoms with Gasteiger partial charge in [0.1, 0.15) is 11.8 Å². The number of rotatable bonds is 4. The number of urea groups is 1. The van der Waals surface area contributed by atoms with Crippen molar-refractivity contribution in [2.75, 3.05) is 25.0 Å². The molecule has 2 N–H and O–H groups in total. The first kappa shape index (κ1) is 17.5. The number of nitrogens with one attached hydrogen (secondary N) is 2. The molecule has 1 fully saturated rings. The van der Waals surface area contributed by atoms with E-state index in [0.29, 0.717) is 18.9 Å². The number of likely N-dealkylation sites (N-methyl/N-ethyl adjacent to an activating group) is 1. The van der Waals surface area contributed by atoms with E-state index < -0.39 is 6.04 Å². The lowest BCUT2D eigenvalue weighted by molar-refractivity contribution is -0.120. The quantitative estimate of drug-likeness (QED) is 0.841. The third-order valence-corrected chi connectivity index (χ3v) is 5.05. The number of nitrogens with zero attached hydrogens (tertiary/aromatic N) is 3. The Labute approximate surface area is 157 Å². The second kappa shape index (κ2) is 7.03. The predicted octanol–water partition coefficient (Wildman–Crippen LogP) is 1.05. The van der Waals surface area contributed by atoms with Crippen LogP contribution in [0.4, 0.5) is 10.5 Å². The minimum Gasteiger partial charge on any atom is -0.445 e. The van der Waals surface area contributed by atoms with E-state index in [2.05, 4.69) is 20.5 Å². The zero-order chi connectivity index (χ0) is 19.0. The second-order valence-corrected chi connectivity index (χ2v) is 7.14. The van der Waals surface area contributed by atoms with Gasteiger partial charge in [0.05, 0.1) is 18.8 Å². The number of carbonyl (C=O) groups is 2. The smallest absolute Gasteiger partial charge is 0.315 e. The summed E-state index contributed by atoms with van der Waals surface area (Å²) < 4.78 is 5.46. The van der Waals surface area contributed by atoms with Gasteiger partial charge >= 0.3 is 6.03 Å². The van der Waals surface area contributed by atoms with Crippen molar-refractivity contribution in [3.63, 3.8) is 0 Å². The maximum Gasteiger partial charge on any atom is 0.315 e. The molecule has 2 aliphatic rings. The minimum absolute atomic E-state index is 0.0673. The molecule has 3 heterocycles. The zero-order valence-electron chi connectivity index (χ0n) is 15.4. The van der Waals surface area contributed by atoms with E-state index in [1.807, 2.05) is 31.2 Å². The molecule has 1 saturated heterocycles. The Morgan fingerprint density at radius 2 is 2.07 bits per heavy atom. The molecule has 0 bridgehead atoms. The fourth-order valence-corrected chi connectivity index (χ4v) is 3.66. The Morgan fingerprint density at radius 1 is 1.30 bits per heavy atom. The summed E-state index contributed by atoms with van der Waals surface area (Å²) in [6.07, 6.45) is 2.24. The molecule has 1 aromatic carbocycles. The van der Waals surface area contributed by atoms with Gasteiger partial charge in [-0.15, -0.1) is 0 Å². The van der Waals surface area contributed by atoms with Crippen LogP contribution in [-0.4, -0.2) is 54.0 Å². The maximum absolute atomic E-state index is 12.5. The molecule has 2 aliphatic heterocycles. The third kappa shape index (κ3) is 3.66. The molecule has 2 aromatic rings. The van der Waals surface area contributed by atoms with Gasteiger partial charge in [-0.1, -0.05) is 18.2 Å². The number of fused-ring (bicyclic) bond motifs is 1. The molecule has 0 spiro atoms. The Kier molecular flexibility index (Phi) is 4.57. The van der Waals surface area contributed by atoms with Crippen molar-refractivity contribution < 1.29 is 14.0 Å². The van der Waals surface area contributed by atoms with Gasteiger partial charge in [0, 0.05) is 39.2 Å². The second-order valence-electron chi connectivity index (χ2n) is 7.14. The molecule has 1 atom stereocenters. The number of hydrogen-bond donors (Lipinski definition) is 2. The van der Waals surface area contributed by atoms with E-state index in [0.717, 1.165) is 30.1 Å². The molecule has 0 radical (unpaired) electrons. The summed E-state index contributed by atoms with van der Waals surface area (Å²) >= 11 is 0. The molecule has 4 rings (SSSR count). The largest absolute Gasteiger partial charge is 0.445 e. The number of aromatic nitrogens is 1. The lowest BCUT2D eigenvalue weighted by atomic mass is 9.98. The fourth-order valence-electron chi connectivity index (χ4n) is 3.66. The van der Waals surface area contributed by atoms with Crippen molar-refractivity contribution in [3.8, 4) is 0 Å². The highest BCUT2D eigenvalue weighted by molar-refractivity contribution is 6.01. The Morgan fingerprint density at radius 3 is 2.81 bits per heavy atom. The van der Waals surface area contributed by atoms with Gasteiger partial charge in [-0.3, -0.25) is 9.69 Å². The summed E-state index contributed by atoms with van der Waals surface area (Å²) in [5.74, 6) is 1.38. The van der Waals surface area contributed by atoms with Gasteiger partial charge < -0.3 is 20.0 Å². The first-order chi connectivity index (χ1) is 13.0. The highest BCUT2D eigenvalue weighted by atomic mass is 16.4. The van der Waals surface area contributed by atoms with Crippen molar-refractivity contribution in [2.45, 2.75) is 32.0 Å². The number of likely N-dealkylation sites (tertiary alicyclic amines) is 1. The number of aryl methyl sites for hydroxylation is 1. The lowest BCUT2D eigenvalue weighted by Gasteiger charge is -2.39. The average molecular weight is 369 g/mol. The van der Waals surface area contributed by atoms with E-state index in [9.17, 15) is 9.59 Å². The summed E-state index contributed by atoms with van der Waals surface area (Å²) in [7, 11) is 1.74. The van der Waals surface area contributed by atoms with E-state index in [1.54, 1.807) is 18.1 Å². The van der Waals surface area contributed by atoms with Crippen LogP contribution in [0.25, 0.3) is 0 Å². The molecule has 8 heteroatoms. The van der Waals surface area contributed by atoms with Gasteiger partial charge in [0.2, 0.25) is 5.91 Å². The Balaban J connectivity index is 1.26. The highest BCUT2D eigenvalue weighted by Crippen LogP contribution is 2.26. The molecule has 1 unspecified atom stereocenters. The van der Waals surface area contributed by atoms with E-state index >= 15 is 0 Å². The highest BCUT2D eigenvalue weighted by Gasteiger charge is 2.33. The number of para-hydroxylation sites is 1. The molecular weight excluding hydrogens is 346 g/mol. The third-order valence-electron chi connectivity index (χ3n) is 5.05. The summed E-state index contributed by atoms with van der Waals surface area (Å²) in [5, 5.41) is 5.75. The van der Waals surface area contributed by atoms with Crippen LogP contribution in [-0.2, 0) is 17.8 Å². The number of benzene rings is 1. The zero-order valence-corrected chi connectivity index (χ0v) is 15.4. The van der Waals surface area contributed by atoms with Gasteiger partial charge in [-0.2, -0.15) is 0 Å². The molecule has 8 nitrogen and oxygen atoms in total. The van der Waals surface area contributed by atoms with Gasteiger partial charge in [0.15, 0.2) is 5.89 Å². The molecule has 3 amide bonds. The monoisotopic (exact) mass is 369 g/mol. The van der Waals surface area contributed by atoms with Gasteiger partial charge in [0.25, 0.3) is 0 Å². The molecular formula is C19H23N5O3. The number of oxazole rings is 1. The standard InChI is InChI=1S/C19H23N5O3/c1-12-20-8-15(27-12)11-24-9-14(10-24)21-19(26)22-16-7-13-5-3-4-6-17(13)23(2)18(16)25/h3-6,8,14,16H,7,9-11H2,1-2H3,(H2,21,22,26). The van der Waals surface area contributed by atoms with Crippen LogP contribution in [0.2, 0.25) is 0 Å². The number of carbonyl (C=O) groups excluding carboxylic acids is 2. The van der Waals surface area contributed by atoms with Crippen molar-refractivity contribution in [1.82, 2.24) is 20.5 Å². The summed E-state index contributed by atoms with van der Waals surface area (Å²) in [4.78, 5) is 32.7. The van der Waals surface area contributed by atoms with E-state index in [1.165, 1.54) is 0 Å². The average Bonchev–Trinajstić information content (AvgIpc) is 3.02. The predicted molar refractivity (Wildman–Crippen MR) is 99.3 cm³/mol. The molecule has 1 aromatic heterocycles. The maximum atomic E-state index is 12.5. The van der Waals surface area contributed by atoms with Crippen LogP contribution in [0.15, 0.2) is 34.9 Å². The molecule has 27 heavy (non-hydrogen) atoms. The fraction of sp³-hybridized carbons (Fsp3) is 0.421. The summed E-state index contributed by atoms with van der Waals surface area (Å²) in [5.41, 5.74) is 1.96. The Hall–Kier alpha value is -2.87. The van der Waals surface area contributed by atoms with Crippen LogP contribution in [0.3, 0.4) is 0 Å². The van der Waals surface area contributed by atoms with Crippen LogP contribution in [0, 0.1) is 6.92 Å². The first-order valence-corrected chi connectivity index (χ1v) is 9.06. The van der Waals surface area contributed by atoms with Crippen molar-refractivity contribution >= 4 is 17.6 Å². The van der Waals surface area contributed by atoms with Crippen LogP contribution >= 0.6 is 0 Å². The SMILES string of the molecule is Cc1ncc(CN2CC(NC(=O)NC3Cc4ccccc4N(C)C3=O)C2)o1. The minimum atomic E-state index is -0.543. The van der Waals surface area contributed by atoms with Crippen molar-refractivity contribution in [3.05, 3.63) is 47.7 Å². The summed E-state index contributed by atoms with van der Waals surface area (Å²) in [6, 6.07) is 6.98. The van der Waals surface area contributed by atoms with E-state index in [-0.39, 0.29) is 18.0 Å². The van der Waals surface area contributed by atoms with E-state index in [4.69, 9.17) is 4.42 Å². The molecule has 142 valence electrons. The van der Waals surface area contributed by atoms with Crippen LogP contribution in [0.5, 0.6) is 0 Å². The molecule has 0 aliphatic carbocycles. The first-order valence-electron chi connectivity index (χ1n) is 9.06. The van der Waals surface area contributed by atoms with Crippen LogP contribution in [0.1, 0.15) is 17.2 Å².